The predicted molar refractivity (Wildman–Crippen MR) is 290 cm³/mol. The summed E-state index contributed by atoms with van der Waals surface area (Å²) in [6, 6.07) is 81.6. The molecule has 68 heavy (non-hydrogen) atoms. The molecule has 0 unspecified atom stereocenters. The number of rotatable bonds is 8. The van der Waals surface area contributed by atoms with Crippen LogP contribution in [0.5, 0.6) is 0 Å². The monoisotopic (exact) mass is 877 g/mol. The molecule has 0 bridgehead atoms. The van der Waals surface area contributed by atoms with E-state index in [2.05, 4.69) is 271 Å². The second-order valence-electron chi connectivity index (χ2n) is 20.2. The minimum absolute atomic E-state index is 0.0425. The predicted octanol–water partition coefficient (Wildman–Crippen LogP) is 19.1. The molecule has 0 spiro atoms. The summed E-state index contributed by atoms with van der Waals surface area (Å²) >= 11 is 0. The van der Waals surface area contributed by atoms with Gasteiger partial charge >= 0.3 is 0 Å². The van der Waals surface area contributed by atoms with Gasteiger partial charge in [-0.2, -0.15) is 0 Å². The van der Waals surface area contributed by atoms with Crippen molar-refractivity contribution in [3.8, 4) is 55.8 Å². The molecule has 11 rings (SSSR count). The summed E-state index contributed by atoms with van der Waals surface area (Å²) in [6.45, 7) is 13.9. The minimum atomic E-state index is -0.177. The Morgan fingerprint density at radius 1 is 0.338 bits per heavy atom. The highest BCUT2D eigenvalue weighted by Crippen LogP contribution is 2.50. The minimum Gasteiger partial charge on any atom is -0.455 e. The van der Waals surface area contributed by atoms with Crippen LogP contribution >= 0.6 is 0 Å². The molecule has 0 aliphatic carbocycles. The number of hydrogen-bond donors (Lipinski definition) is 0. The van der Waals surface area contributed by atoms with Crippen LogP contribution in [0.25, 0.3) is 88.3 Å². The van der Waals surface area contributed by atoms with E-state index < -0.39 is 0 Å². The normalized spacial score (nSPS) is 12.0. The first kappa shape index (κ1) is 42.7. The molecule has 0 amide bonds. The maximum Gasteiger partial charge on any atom is 0.143 e. The summed E-state index contributed by atoms with van der Waals surface area (Å²) in [5.41, 5.74) is 17.1. The standard InChI is InChI=1S/C66H55NO/c1-65(2,3)51-33-40-55-57-42-56(60(66(4,5)6)43-59(57)64-62(58(55)41-51)61(49-23-15-9-16-24-49)63(68-64)50-25-17-10-18-26-50)48-31-38-54(39-32-48)67(52-34-27-46(28-35-52)44-19-11-7-12-20-44)53-36-29-47(30-37-53)45-21-13-8-14-22-45/h7-43H,1-6H3. The van der Waals surface area contributed by atoms with Gasteiger partial charge in [0.15, 0.2) is 0 Å². The maximum absolute atomic E-state index is 7.29. The molecule has 0 fully saturated rings. The zero-order chi connectivity index (χ0) is 46.6. The Hall–Kier alpha value is -7.94. The first-order chi connectivity index (χ1) is 33.0. The number of nitrogens with zero attached hydrogens (tertiary/aromatic N) is 1. The molecule has 1 aromatic heterocycles. The average Bonchev–Trinajstić information content (AvgIpc) is 3.79. The molecule has 2 nitrogen and oxygen atoms in total. The van der Waals surface area contributed by atoms with Crippen molar-refractivity contribution >= 4 is 49.6 Å². The van der Waals surface area contributed by atoms with Gasteiger partial charge in [-0.3, -0.25) is 0 Å². The molecule has 11 aromatic rings. The van der Waals surface area contributed by atoms with Crippen molar-refractivity contribution in [1.29, 1.82) is 0 Å². The smallest absolute Gasteiger partial charge is 0.143 e. The highest BCUT2D eigenvalue weighted by molar-refractivity contribution is 6.29. The molecular weight excluding hydrogens is 823 g/mol. The fourth-order valence-electron chi connectivity index (χ4n) is 9.98. The molecule has 1 heterocycles. The number of furan rings is 1. The van der Waals surface area contributed by atoms with Crippen LogP contribution in [0.2, 0.25) is 0 Å². The van der Waals surface area contributed by atoms with Crippen LogP contribution in [-0.4, -0.2) is 0 Å². The van der Waals surface area contributed by atoms with Crippen molar-refractivity contribution in [2.24, 2.45) is 0 Å². The van der Waals surface area contributed by atoms with Gasteiger partial charge in [-0.15, -0.1) is 0 Å². The molecule has 0 N–H and O–H groups in total. The number of benzene rings is 10. The Morgan fingerprint density at radius 2 is 0.779 bits per heavy atom. The molecule has 10 aromatic carbocycles. The third-order valence-corrected chi connectivity index (χ3v) is 13.6. The summed E-state index contributed by atoms with van der Waals surface area (Å²) in [5, 5.41) is 5.91. The lowest BCUT2D eigenvalue weighted by molar-refractivity contribution is 0.591. The lowest BCUT2D eigenvalue weighted by Gasteiger charge is -2.27. The van der Waals surface area contributed by atoms with Crippen LogP contribution in [0.4, 0.5) is 17.1 Å². The summed E-state index contributed by atoms with van der Waals surface area (Å²) in [4.78, 5) is 2.36. The second kappa shape index (κ2) is 17.0. The van der Waals surface area contributed by atoms with Crippen LogP contribution in [0.15, 0.2) is 229 Å². The first-order valence-corrected chi connectivity index (χ1v) is 23.8. The number of fused-ring (bicyclic) bond motifs is 6. The molecule has 0 aliphatic heterocycles. The van der Waals surface area contributed by atoms with Gasteiger partial charge in [0.25, 0.3) is 0 Å². The van der Waals surface area contributed by atoms with Gasteiger partial charge < -0.3 is 9.32 Å². The molecule has 0 saturated carbocycles. The van der Waals surface area contributed by atoms with Gasteiger partial charge in [-0.1, -0.05) is 211 Å². The van der Waals surface area contributed by atoms with Gasteiger partial charge in [-0.25, -0.2) is 0 Å². The Labute approximate surface area is 400 Å². The number of hydrogen-bond acceptors (Lipinski definition) is 2. The Kier molecular flexibility index (Phi) is 10.7. The molecule has 0 atom stereocenters. The van der Waals surface area contributed by atoms with E-state index in [1.165, 1.54) is 60.7 Å². The van der Waals surface area contributed by atoms with Crippen molar-refractivity contribution in [2.75, 3.05) is 4.90 Å². The van der Waals surface area contributed by atoms with E-state index in [1.54, 1.807) is 0 Å². The highest BCUT2D eigenvalue weighted by atomic mass is 16.3. The highest BCUT2D eigenvalue weighted by Gasteiger charge is 2.27. The third-order valence-electron chi connectivity index (χ3n) is 13.6. The van der Waals surface area contributed by atoms with Crippen LogP contribution < -0.4 is 4.90 Å². The van der Waals surface area contributed by atoms with Gasteiger partial charge in [0.2, 0.25) is 0 Å². The van der Waals surface area contributed by atoms with Crippen molar-refractivity contribution in [2.45, 2.75) is 52.4 Å². The Morgan fingerprint density at radius 3 is 1.25 bits per heavy atom. The molecule has 330 valence electrons. The van der Waals surface area contributed by atoms with Gasteiger partial charge in [0, 0.05) is 39.0 Å². The summed E-state index contributed by atoms with van der Waals surface area (Å²) in [7, 11) is 0. The van der Waals surface area contributed by atoms with E-state index in [0.29, 0.717) is 0 Å². The van der Waals surface area contributed by atoms with Crippen molar-refractivity contribution in [3.63, 3.8) is 0 Å². The lowest BCUT2D eigenvalue weighted by Crippen LogP contribution is -2.13. The topological polar surface area (TPSA) is 16.4 Å². The van der Waals surface area contributed by atoms with E-state index in [-0.39, 0.29) is 10.8 Å². The Balaban J connectivity index is 1.10. The SMILES string of the molecule is CC(C)(C)c1ccc2c3cc(-c4ccc(N(c5ccc(-c6ccccc6)cc5)c5ccc(-c6ccccc6)cc5)cc4)c(C(C)(C)C)cc3c3oc(-c4ccccc4)c(-c4ccccc4)c3c2c1. The molecular formula is C66H55NO. The van der Waals surface area contributed by atoms with Gasteiger partial charge in [-0.05, 0) is 132 Å². The fraction of sp³-hybridized carbons (Fsp3) is 0.121. The van der Waals surface area contributed by atoms with E-state index >= 15 is 0 Å². The summed E-state index contributed by atoms with van der Waals surface area (Å²) in [6.07, 6.45) is 0. The van der Waals surface area contributed by atoms with E-state index in [9.17, 15) is 0 Å². The molecule has 0 aliphatic rings. The third kappa shape index (κ3) is 7.86. The largest absolute Gasteiger partial charge is 0.455 e. The number of anilines is 3. The fourth-order valence-corrected chi connectivity index (χ4v) is 9.98. The van der Waals surface area contributed by atoms with Crippen LogP contribution in [0, 0.1) is 0 Å². The van der Waals surface area contributed by atoms with Crippen LogP contribution in [-0.2, 0) is 10.8 Å². The van der Waals surface area contributed by atoms with Crippen molar-refractivity contribution in [3.05, 3.63) is 236 Å². The second-order valence-corrected chi connectivity index (χ2v) is 20.2. The maximum atomic E-state index is 7.29. The molecule has 2 heteroatoms. The van der Waals surface area contributed by atoms with E-state index in [4.69, 9.17) is 4.42 Å². The van der Waals surface area contributed by atoms with Crippen LogP contribution in [0.3, 0.4) is 0 Å². The summed E-state index contributed by atoms with van der Waals surface area (Å²) < 4.78 is 7.29. The van der Waals surface area contributed by atoms with Gasteiger partial charge in [0.1, 0.15) is 11.3 Å². The lowest BCUT2D eigenvalue weighted by atomic mass is 9.79. The van der Waals surface area contributed by atoms with E-state index in [1.807, 2.05) is 0 Å². The average molecular weight is 878 g/mol. The van der Waals surface area contributed by atoms with Crippen LogP contribution in [0.1, 0.15) is 52.7 Å². The zero-order valence-electron chi connectivity index (χ0n) is 39.7. The van der Waals surface area contributed by atoms with Crippen molar-refractivity contribution in [1.82, 2.24) is 0 Å². The molecule has 0 saturated heterocycles. The zero-order valence-corrected chi connectivity index (χ0v) is 39.7. The quantitative estimate of drug-likeness (QED) is 0.141. The Bertz CT molecular complexity index is 3480. The first-order valence-electron chi connectivity index (χ1n) is 23.8. The van der Waals surface area contributed by atoms with E-state index in [0.717, 1.165) is 55.9 Å². The molecule has 0 radical (unpaired) electrons. The van der Waals surface area contributed by atoms with Gasteiger partial charge in [0.05, 0.1) is 0 Å². The van der Waals surface area contributed by atoms with Crippen molar-refractivity contribution < 1.29 is 4.42 Å². The summed E-state index contributed by atoms with van der Waals surface area (Å²) in [5.74, 6) is 0.896.